The molecule has 0 saturated heterocycles. The molecule has 0 aromatic heterocycles. The summed E-state index contributed by atoms with van der Waals surface area (Å²) < 4.78 is 32.6. The monoisotopic (exact) mass is 393 g/mol. The van der Waals surface area contributed by atoms with E-state index in [2.05, 4.69) is 0 Å². The highest BCUT2D eigenvalue weighted by molar-refractivity contribution is 7.89. The number of nitro benzene ring substituents is 1. The zero-order valence-corrected chi connectivity index (χ0v) is 16.6. The van der Waals surface area contributed by atoms with Gasteiger partial charge in [-0.05, 0) is 23.8 Å². The minimum atomic E-state index is -3.98. The summed E-state index contributed by atoms with van der Waals surface area (Å²) in [5.41, 5.74) is 1.51. The third kappa shape index (κ3) is 4.55. The van der Waals surface area contributed by atoms with Crippen molar-refractivity contribution in [3.05, 3.63) is 58.1 Å². The molecular formula is C18H23N3O5S. The summed E-state index contributed by atoms with van der Waals surface area (Å²) in [5.74, 6) is 0.0713. The van der Waals surface area contributed by atoms with Crippen molar-refractivity contribution in [1.82, 2.24) is 4.31 Å². The van der Waals surface area contributed by atoms with Crippen LogP contribution in [0.4, 0.5) is 11.4 Å². The Bertz CT molecular complexity index is 911. The molecule has 0 fully saturated rings. The molecule has 8 nitrogen and oxygen atoms in total. The first-order chi connectivity index (χ1) is 12.7. The Morgan fingerprint density at radius 1 is 1.11 bits per heavy atom. The summed E-state index contributed by atoms with van der Waals surface area (Å²) in [6.07, 6.45) is 0. The second-order valence-corrected chi connectivity index (χ2v) is 7.99. The van der Waals surface area contributed by atoms with Crippen LogP contribution in [0, 0.1) is 10.1 Å². The van der Waals surface area contributed by atoms with Gasteiger partial charge in [-0.2, -0.15) is 4.31 Å². The van der Waals surface area contributed by atoms with Crippen LogP contribution in [0.15, 0.2) is 47.4 Å². The molecule has 0 N–H and O–H groups in total. The molecular weight excluding hydrogens is 370 g/mol. The lowest BCUT2D eigenvalue weighted by Crippen LogP contribution is -2.30. The Hall–Kier alpha value is -2.65. The molecule has 0 saturated carbocycles. The number of non-ortho nitro benzene ring substituents is 1. The van der Waals surface area contributed by atoms with E-state index in [9.17, 15) is 18.5 Å². The van der Waals surface area contributed by atoms with Crippen molar-refractivity contribution in [3.8, 4) is 5.75 Å². The quantitative estimate of drug-likeness (QED) is 0.506. The first kappa shape index (κ1) is 20.7. The lowest BCUT2D eigenvalue weighted by Gasteiger charge is -2.22. The standard InChI is InChI=1S/C18H23N3O5S/c1-5-20(13-14-6-8-15(9-7-14)19(2)3)27(24,25)18-12-16(21(22)23)10-11-17(18)26-4/h6-12H,5,13H2,1-4H3. The fraction of sp³-hybridized carbons (Fsp3) is 0.333. The fourth-order valence-corrected chi connectivity index (χ4v) is 4.20. The molecule has 0 bridgehead atoms. The molecule has 9 heteroatoms. The number of hydrogen-bond acceptors (Lipinski definition) is 6. The third-order valence-electron chi connectivity index (χ3n) is 4.14. The molecule has 0 radical (unpaired) electrons. The zero-order chi connectivity index (χ0) is 20.2. The number of nitro groups is 1. The average molecular weight is 393 g/mol. The fourth-order valence-electron chi connectivity index (χ4n) is 2.59. The second kappa shape index (κ2) is 8.36. The Morgan fingerprint density at radius 3 is 2.22 bits per heavy atom. The Balaban J connectivity index is 2.40. The van der Waals surface area contributed by atoms with Crippen LogP contribution in [0.5, 0.6) is 5.75 Å². The SMILES string of the molecule is CCN(Cc1ccc(N(C)C)cc1)S(=O)(=O)c1cc([N+](=O)[O-])ccc1OC. The lowest BCUT2D eigenvalue weighted by molar-refractivity contribution is -0.385. The van der Waals surface area contributed by atoms with Crippen LogP contribution in [0.2, 0.25) is 0 Å². The van der Waals surface area contributed by atoms with Crippen LogP contribution in [-0.2, 0) is 16.6 Å². The van der Waals surface area contributed by atoms with Gasteiger partial charge in [0.05, 0.1) is 12.0 Å². The third-order valence-corrected chi connectivity index (χ3v) is 6.08. The van der Waals surface area contributed by atoms with E-state index in [0.29, 0.717) is 0 Å². The van der Waals surface area contributed by atoms with Gasteiger partial charge in [0.25, 0.3) is 5.69 Å². The van der Waals surface area contributed by atoms with Gasteiger partial charge in [0.2, 0.25) is 10.0 Å². The Kier molecular flexibility index (Phi) is 6.40. The van der Waals surface area contributed by atoms with Gasteiger partial charge >= 0.3 is 0 Å². The summed E-state index contributed by atoms with van der Waals surface area (Å²) in [7, 11) is 1.19. The first-order valence-corrected chi connectivity index (χ1v) is 9.73. The van der Waals surface area contributed by atoms with Gasteiger partial charge in [0.15, 0.2) is 0 Å². The van der Waals surface area contributed by atoms with Crippen LogP contribution < -0.4 is 9.64 Å². The van der Waals surface area contributed by atoms with E-state index in [0.717, 1.165) is 17.3 Å². The predicted molar refractivity (Wildman–Crippen MR) is 104 cm³/mol. The van der Waals surface area contributed by atoms with Gasteiger partial charge in [-0.15, -0.1) is 0 Å². The second-order valence-electron chi connectivity index (χ2n) is 6.08. The van der Waals surface area contributed by atoms with Crippen LogP contribution in [0.1, 0.15) is 12.5 Å². The molecule has 2 rings (SSSR count). The van der Waals surface area contributed by atoms with Crippen molar-refractivity contribution in [3.63, 3.8) is 0 Å². The molecule has 0 aliphatic heterocycles. The van der Waals surface area contributed by atoms with Crippen molar-refractivity contribution in [1.29, 1.82) is 0 Å². The summed E-state index contributed by atoms with van der Waals surface area (Å²) >= 11 is 0. The number of nitrogens with zero attached hydrogens (tertiary/aromatic N) is 3. The first-order valence-electron chi connectivity index (χ1n) is 8.29. The molecule has 0 atom stereocenters. The van der Waals surface area contributed by atoms with E-state index in [1.807, 2.05) is 43.3 Å². The number of rotatable bonds is 8. The highest BCUT2D eigenvalue weighted by Crippen LogP contribution is 2.31. The number of hydrogen-bond donors (Lipinski definition) is 0. The number of anilines is 1. The number of ether oxygens (including phenoxy) is 1. The van der Waals surface area contributed by atoms with Crippen molar-refractivity contribution < 1.29 is 18.1 Å². The maximum atomic E-state index is 13.1. The van der Waals surface area contributed by atoms with Crippen molar-refractivity contribution >= 4 is 21.4 Å². The minimum absolute atomic E-state index is 0.0713. The summed E-state index contributed by atoms with van der Waals surface area (Å²) in [4.78, 5) is 12.2. The van der Waals surface area contributed by atoms with Crippen LogP contribution in [0.3, 0.4) is 0 Å². The van der Waals surface area contributed by atoms with Gasteiger partial charge in [-0.3, -0.25) is 10.1 Å². The summed E-state index contributed by atoms with van der Waals surface area (Å²) in [5, 5.41) is 11.0. The van der Waals surface area contributed by atoms with E-state index in [-0.39, 0.29) is 29.4 Å². The molecule has 0 aliphatic carbocycles. The maximum Gasteiger partial charge on any atom is 0.271 e. The van der Waals surface area contributed by atoms with E-state index in [1.165, 1.54) is 23.5 Å². The van der Waals surface area contributed by atoms with Gasteiger partial charge in [-0.25, -0.2) is 8.42 Å². The van der Waals surface area contributed by atoms with E-state index in [1.54, 1.807) is 6.92 Å². The predicted octanol–water partition coefficient (Wildman–Crippen LogP) is 2.88. The van der Waals surface area contributed by atoms with Gasteiger partial charge in [0, 0.05) is 45.0 Å². The van der Waals surface area contributed by atoms with Crippen LogP contribution >= 0.6 is 0 Å². The van der Waals surface area contributed by atoms with Gasteiger partial charge in [0.1, 0.15) is 10.6 Å². The smallest absolute Gasteiger partial charge is 0.271 e. The Labute approximate surface area is 159 Å². The van der Waals surface area contributed by atoms with Crippen molar-refractivity contribution in [2.24, 2.45) is 0 Å². The van der Waals surface area contributed by atoms with Gasteiger partial charge in [-0.1, -0.05) is 19.1 Å². The number of methoxy groups -OCH3 is 1. The van der Waals surface area contributed by atoms with Crippen LogP contribution in [-0.4, -0.2) is 45.4 Å². The van der Waals surface area contributed by atoms with Gasteiger partial charge < -0.3 is 9.64 Å². The molecule has 0 spiro atoms. The highest BCUT2D eigenvalue weighted by Gasteiger charge is 2.29. The van der Waals surface area contributed by atoms with Crippen molar-refractivity contribution in [2.75, 3.05) is 32.6 Å². The zero-order valence-electron chi connectivity index (χ0n) is 15.7. The highest BCUT2D eigenvalue weighted by atomic mass is 32.2. The molecule has 2 aromatic rings. The van der Waals surface area contributed by atoms with E-state index < -0.39 is 14.9 Å². The molecule has 0 heterocycles. The van der Waals surface area contributed by atoms with Crippen LogP contribution in [0.25, 0.3) is 0 Å². The van der Waals surface area contributed by atoms with E-state index >= 15 is 0 Å². The topological polar surface area (TPSA) is 93.0 Å². The molecule has 146 valence electrons. The number of sulfonamides is 1. The van der Waals surface area contributed by atoms with Crippen molar-refractivity contribution in [2.45, 2.75) is 18.4 Å². The number of benzene rings is 2. The summed E-state index contributed by atoms with van der Waals surface area (Å²) in [6.45, 7) is 2.08. The normalized spacial score (nSPS) is 11.4. The maximum absolute atomic E-state index is 13.1. The molecule has 27 heavy (non-hydrogen) atoms. The largest absolute Gasteiger partial charge is 0.495 e. The molecule has 0 aliphatic rings. The Morgan fingerprint density at radius 2 is 1.74 bits per heavy atom. The molecule has 0 unspecified atom stereocenters. The lowest BCUT2D eigenvalue weighted by atomic mass is 10.2. The van der Waals surface area contributed by atoms with E-state index in [4.69, 9.17) is 4.74 Å². The minimum Gasteiger partial charge on any atom is -0.495 e. The molecule has 0 amide bonds. The average Bonchev–Trinajstić information content (AvgIpc) is 2.65. The summed E-state index contributed by atoms with van der Waals surface area (Å²) in [6, 6.07) is 11.1. The molecule has 2 aromatic carbocycles.